The van der Waals surface area contributed by atoms with E-state index in [1.54, 1.807) is 19.2 Å². The van der Waals surface area contributed by atoms with Crippen molar-refractivity contribution in [2.75, 3.05) is 7.05 Å². The molecule has 0 aliphatic carbocycles. The summed E-state index contributed by atoms with van der Waals surface area (Å²) >= 11 is 0. The van der Waals surface area contributed by atoms with Crippen LogP contribution in [0.15, 0.2) is 40.8 Å². The summed E-state index contributed by atoms with van der Waals surface area (Å²) in [6.07, 6.45) is 0. The van der Waals surface area contributed by atoms with Crippen LogP contribution in [0.4, 0.5) is 0 Å². The number of carbonyl (C=O) groups is 1. The minimum absolute atomic E-state index is 0.0813. The molecule has 0 aliphatic rings. The maximum Gasteiger partial charge on any atom is 0.251 e. The zero-order valence-electron chi connectivity index (χ0n) is 9.28. The molecule has 0 saturated heterocycles. The lowest BCUT2D eigenvalue weighted by Crippen LogP contribution is -2.17. The Kier molecular flexibility index (Phi) is 2.77. The minimum atomic E-state index is -0.0813. The molecule has 3 nitrogen and oxygen atoms in total. The molecular weight excluding hydrogens is 202 g/mol. The fourth-order valence-electron chi connectivity index (χ4n) is 1.52. The Morgan fingerprint density at radius 2 is 1.81 bits per heavy atom. The number of hydrogen-bond acceptors (Lipinski definition) is 2. The smallest absolute Gasteiger partial charge is 0.251 e. The number of benzene rings is 1. The molecule has 0 spiro atoms. The third kappa shape index (κ3) is 1.98. The van der Waals surface area contributed by atoms with E-state index in [0.717, 1.165) is 17.1 Å². The summed E-state index contributed by atoms with van der Waals surface area (Å²) in [6.45, 7) is 1.91. The average Bonchev–Trinajstić information content (AvgIpc) is 2.75. The number of carbonyl (C=O) groups excluding carboxylic acids is 1. The monoisotopic (exact) mass is 215 g/mol. The number of nitrogens with one attached hydrogen (secondary N) is 1. The standard InChI is InChI=1S/C13H13NO2/c1-9-3-8-12(16-9)10-4-6-11(7-5-10)13(15)14-2/h3-8H,1-2H3,(H,14,15). The van der Waals surface area contributed by atoms with E-state index in [-0.39, 0.29) is 5.91 Å². The number of amides is 1. The lowest BCUT2D eigenvalue weighted by atomic mass is 10.1. The van der Waals surface area contributed by atoms with Crippen molar-refractivity contribution in [1.29, 1.82) is 0 Å². The summed E-state index contributed by atoms with van der Waals surface area (Å²) in [5, 5.41) is 2.58. The van der Waals surface area contributed by atoms with Crippen LogP contribution in [-0.4, -0.2) is 13.0 Å². The van der Waals surface area contributed by atoms with Crippen molar-refractivity contribution in [1.82, 2.24) is 5.32 Å². The van der Waals surface area contributed by atoms with Crippen LogP contribution in [0.2, 0.25) is 0 Å². The average molecular weight is 215 g/mol. The van der Waals surface area contributed by atoms with Crippen molar-refractivity contribution >= 4 is 5.91 Å². The molecule has 0 radical (unpaired) electrons. The van der Waals surface area contributed by atoms with Crippen LogP contribution < -0.4 is 5.32 Å². The normalized spacial score (nSPS) is 10.1. The first-order valence-electron chi connectivity index (χ1n) is 5.09. The lowest BCUT2D eigenvalue weighted by Gasteiger charge is -2.01. The van der Waals surface area contributed by atoms with Crippen LogP contribution in [0.3, 0.4) is 0 Å². The van der Waals surface area contributed by atoms with Crippen molar-refractivity contribution in [3.05, 3.63) is 47.7 Å². The minimum Gasteiger partial charge on any atom is -0.461 e. The Morgan fingerprint density at radius 3 is 2.31 bits per heavy atom. The van der Waals surface area contributed by atoms with Crippen molar-refractivity contribution in [2.45, 2.75) is 6.92 Å². The Labute approximate surface area is 94.1 Å². The highest BCUT2D eigenvalue weighted by molar-refractivity contribution is 5.94. The highest BCUT2D eigenvalue weighted by Gasteiger charge is 2.05. The van der Waals surface area contributed by atoms with Gasteiger partial charge in [0.2, 0.25) is 0 Å². The molecule has 0 atom stereocenters. The van der Waals surface area contributed by atoms with E-state index in [9.17, 15) is 4.79 Å². The van der Waals surface area contributed by atoms with Gasteiger partial charge in [-0.3, -0.25) is 4.79 Å². The molecule has 0 unspecified atom stereocenters. The first-order chi connectivity index (χ1) is 7.70. The summed E-state index contributed by atoms with van der Waals surface area (Å²) in [5.74, 6) is 1.62. The summed E-state index contributed by atoms with van der Waals surface area (Å²) in [6, 6.07) is 11.2. The van der Waals surface area contributed by atoms with Gasteiger partial charge in [-0.05, 0) is 31.2 Å². The van der Waals surface area contributed by atoms with Crippen molar-refractivity contribution in [2.24, 2.45) is 0 Å². The van der Waals surface area contributed by atoms with Gasteiger partial charge in [0.1, 0.15) is 11.5 Å². The van der Waals surface area contributed by atoms with Crippen LogP contribution in [-0.2, 0) is 0 Å². The molecule has 0 saturated carbocycles. The van der Waals surface area contributed by atoms with Crippen LogP contribution in [0.1, 0.15) is 16.1 Å². The summed E-state index contributed by atoms with van der Waals surface area (Å²) in [7, 11) is 1.62. The fourth-order valence-corrected chi connectivity index (χ4v) is 1.52. The van der Waals surface area contributed by atoms with Gasteiger partial charge < -0.3 is 9.73 Å². The van der Waals surface area contributed by atoms with E-state index in [1.165, 1.54) is 0 Å². The Hall–Kier alpha value is -2.03. The highest BCUT2D eigenvalue weighted by Crippen LogP contribution is 2.22. The third-order valence-corrected chi connectivity index (χ3v) is 2.40. The SMILES string of the molecule is CNC(=O)c1ccc(-c2ccc(C)o2)cc1. The quantitative estimate of drug-likeness (QED) is 0.836. The van der Waals surface area contributed by atoms with Gasteiger partial charge in [-0.25, -0.2) is 0 Å². The molecule has 82 valence electrons. The zero-order valence-corrected chi connectivity index (χ0v) is 9.28. The van der Waals surface area contributed by atoms with Gasteiger partial charge in [-0.2, -0.15) is 0 Å². The van der Waals surface area contributed by atoms with Gasteiger partial charge in [0.25, 0.3) is 5.91 Å². The van der Waals surface area contributed by atoms with Gasteiger partial charge >= 0.3 is 0 Å². The van der Waals surface area contributed by atoms with E-state index in [0.29, 0.717) is 5.56 Å². The van der Waals surface area contributed by atoms with E-state index in [1.807, 2.05) is 31.2 Å². The van der Waals surface area contributed by atoms with E-state index in [2.05, 4.69) is 5.32 Å². The van der Waals surface area contributed by atoms with Gasteiger partial charge in [-0.1, -0.05) is 12.1 Å². The Bertz CT molecular complexity index is 497. The van der Waals surface area contributed by atoms with E-state index < -0.39 is 0 Å². The summed E-state index contributed by atoms with van der Waals surface area (Å²) in [4.78, 5) is 11.3. The molecule has 2 aromatic rings. The molecule has 16 heavy (non-hydrogen) atoms. The highest BCUT2D eigenvalue weighted by atomic mass is 16.3. The maximum absolute atomic E-state index is 11.3. The van der Waals surface area contributed by atoms with E-state index in [4.69, 9.17) is 4.42 Å². The van der Waals surface area contributed by atoms with Crippen LogP contribution in [0.5, 0.6) is 0 Å². The van der Waals surface area contributed by atoms with Gasteiger partial charge in [0, 0.05) is 18.2 Å². The van der Waals surface area contributed by atoms with E-state index >= 15 is 0 Å². The number of aryl methyl sites for hydroxylation is 1. The van der Waals surface area contributed by atoms with Crippen molar-refractivity contribution < 1.29 is 9.21 Å². The van der Waals surface area contributed by atoms with Gasteiger partial charge in [-0.15, -0.1) is 0 Å². The second-order valence-electron chi connectivity index (χ2n) is 3.57. The van der Waals surface area contributed by atoms with Crippen LogP contribution in [0, 0.1) is 6.92 Å². The molecule has 1 aromatic carbocycles. The van der Waals surface area contributed by atoms with Crippen LogP contribution in [0.25, 0.3) is 11.3 Å². The number of rotatable bonds is 2. The molecule has 3 heteroatoms. The van der Waals surface area contributed by atoms with Crippen molar-refractivity contribution in [3.63, 3.8) is 0 Å². The fraction of sp³-hybridized carbons (Fsp3) is 0.154. The number of furan rings is 1. The predicted molar refractivity (Wildman–Crippen MR) is 62.3 cm³/mol. The second-order valence-corrected chi connectivity index (χ2v) is 3.57. The van der Waals surface area contributed by atoms with Crippen molar-refractivity contribution in [3.8, 4) is 11.3 Å². The molecule has 2 rings (SSSR count). The molecule has 0 aliphatic heterocycles. The van der Waals surface area contributed by atoms with Crippen LogP contribution >= 0.6 is 0 Å². The predicted octanol–water partition coefficient (Wildman–Crippen LogP) is 2.61. The Balaban J connectivity index is 2.29. The zero-order chi connectivity index (χ0) is 11.5. The molecule has 1 N–H and O–H groups in total. The van der Waals surface area contributed by atoms with Gasteiger partial charge in [0.15, 0.2) is 0 Å². The second kappa shape index (κ2) is 4.23. The van der Waals surface area contributed by atoms with Gasteiger partial charge in [0.05, 0.1) is 0 Å². The molecular formula is C13H13NO2. The molecule has 1 aromatic heterocycles. The number of hydrogen-bond donors (Lipinski definition) is 1. The largest absolute Gasteiger partial charge is 0.461 e. The maximum atomic E-state index is 11.3. The summed E-state index contributed by atoms with van der Waals surface area (Å²) in [5.41, 5.74) is 1.62. The first-order valence-corrected chi connectivity index (χ1v) is 5.09. The third-order valence-electron chi connectivity index (χ3n) is 2.40. The Morgan fingerprint density at radius 1 is 1.12 bits per heavy atom. The molecule has 0 bridgehead atoms. The molecule has 0 fully saturated rings. The first kappa shape index (κ1) is 10.5. The molecule has 1 amide bonds. The summed E-state index contributed by atoms with van der Waals surface area (Å²) < 4.78 is 5.50. The molecule has 1 heterocycles. The topological polar surface area (TPSA) is 42.2 Å². The lowest BCUT2D eigenvalue weighted by molar-refractivity contribution is 0.0963.